The van der Waals surface area contributed by atoms with Crippen LogP contribution in [0.3, 0.4) is 0 Å². The normalized spacial score (nSPS) is 20.0. The van der Waals surface area contributed by atoms with Crippen molar-refractivity contribution in [2.45, 2.75) is 12.5 Å². The molecule has 2 N–H and O–H groups in total. The Balaban J connectivity index is 1.78. The summed E-state index contributed by atoms with van der Waals surface area (Å²) in [6, 6.07) is 2.21. The van der Waals surface area contributed by atoms with Crippen LogP contribution < -0.4 is 10.2 Å². The number of rotatable bonds is 3. The molecule has 1 saturated heterocycles. The number of piperazine rings is 1. The van der Waals surface area contributed by atoms with Gasteiger partial charge in [-0.05, 0) is 6.07 Å². The Bertz CT molecular complexity index is 470. The van der Waals surface area contributed by atoms with Gasteiger partial charge in [0.1, 0.15) is 12.1 Å². The van der Waals surface area contributed by atoms with Crippen LogP contribution in [-0.4, -0.2) is 56.3 Å². The Hall–Kier alpha value is -2.09. The molecule has 2 aromatic heterocycles. The van der Waals surface area contributed by atoms with Crippen LogP contribution in [-0.2, 0) is 6.42 Å². The minimum absolute atomic E-state index is 0.284. The fourth-order valence-corrected chi connectivity index (χ4v) is 2.18. The van der Waals surface area contributed by atoms with E-state index in [0.717, 1.165) is 37.7 Å². The standard InChI is InChI=1S/C10H14N8/c1-2-12-7-13-10(1)18-4-3-11-6-8(18)5-9-14-16-17-15-9/h1-2,7-8,11H,3-6H2,(H,14,15,16,17). The van der Waals surface area contributed by atoms with Gasteiger partial charge in [-0.3, -0.25) is 0 Å². The summed E-state index contributed by atoms with van der Waals surface area (Å²) >= 11 is 0. The van der Waals surface area contributed by atoms with Gasteiger partial charge in [-0.15, -0.1) is 10.2 Å². The van der Waals surface area contributed by atoms with Crippen molar-refractivity contribution in [2.75, 3.05) is 24.5 Å². The predicted octanol–water partition coefficient (Wildman–Crippen LogP) is -0.989. The number of aromatic amines is 1. The van der Waals surface area contributed by atoms with E-state index in [0.29, 0.717) is 0 Å². The summed E-state index contributed by atoms with van der Waals surface area (Å²) in [6.07, 6.45) is 4.08. The van der Waals surface area contributed by atoms with Crippen molar-refractivity contribution in [3.05, 3.63) is 24.4 Å². The lowest BCUT2D eigenvalue weighted by Gasteiger charge is -2.36. The van der Waals surface area contributed by atoms with Crippen molar-refractivity contribution in [1.82, 2.24) is 35.9 Å². The van der Waals surface area contributed by atoms with E-state index in [1.807, 2.05) is 6.07 Å². The van der Waals surface area contributed by atoms with E-state index in [1.54, 1.807) is 12.5 Å². The first-order chi connectivity index (χ1) is 8.93. The summed E-state index contributed by atoms with van der Waals surface area (Å²) in [5, 5.41) is 17.4. The molecule has 0 amide bonds. The number of tetrazole rings is 1. The van der Waals surface area contributed by atoms with Crippen LogP contribution in [0.15, 0.2) is 18.6 Å². The maximum Gasteiger partial charge on any atom is 0.176 e. The molecule has 0 aromatic carbocycles. The molecule has 1 fully saturated rings. The highest BCUT2D eigenvalue weighted by molar-refractivity contribution is 5.39. The summed E-state index contributed by atoms with van der Waals surface area (Å²) in [5.41, 5.74) is 0. The van der Waals surface area contributed by atoms with Gasteiger partial charge < -0.3 is 10.2 Å². The molecule has 3 rings (SSSR count). The van der Waals surface area contributed by atoms with Crippen molar-refractivity contribution in [1.29, 1.82) is 0 Å². The van der Waals surface area contributed by atoms with Gasteiger partial charge in [0, 0.05) is 32.3 Å². The molecule has 3 heterocycles. The SMILES string of the molecule is c1cc(N2CCNCC2Cc2nn[nH]n2)ncn1. The van der Waals surface area contributed by atoms with E-state index in [9.17, 15) is 0 Å². The summed E-state index contributed by atoms with van der Waals surface area (Å²) in [7, 11) is 0. The minimum Gasteiger partial charge on any atom is -0.351 e. The Morgan fingerprint density at radius 3 is 3.22 bits per heavy atom. The zero-order chi connectivity index (χ0) is 12.2. The first kappa shape index (κ1) is 11.0. The van der Waals surface area contributed by atoms with E-state index in [-0.39, 0.29) is 6.04 Å². The summed E-state index contributed by atoms with van der Waals surface area (Å²) in [6.45, 7) is 2.75. The molecule has 8 nitrogen and oxygen atoms in total. The molecule has 8 heteroatoms. The number of anilines is 1. The topological polar surface area (TPSA) is 95.5 Å². The Morgan fingerprint density at radius 2 is 2.44 bits per heavy atom. The Kier molecular flexibility index (Phi) is 3.09. The van der Waals surface area contributed by atoms with Crippen LogP contribution in [0.4, 0.5) is 5.82 Å². The number of H-pyrrole nitrogens is 1. The third kappa shape index (κ3) is 2.28. The zero-order valence-corrected chi connectivity index (χ0v) is 9.82. The first-order valence-electron chi connectivity index (χ1n) is 5.89. The van der Waals surface area contributed by atoms with E-state index >= 15 is 0 Å². The van der Waals surface area contributed by atoms with Gasteiger partial charge in [-0.1, -0.05) is 5.21 Å². The number of nitrogens with one attached hydrogen (secondary N) is 2. The molecule has 1 aliphatic rings. The molecule has 0 bridgehead atoms. The average molecular weight is 246 g/mol. The van der Waals surface area contributed by atoms with E-state index < -0.39 is 0 Å². The van der Waals surface area contributed by atoms with Crippen LogP contribution >= 0.6 is 0 Å². The molecular formula is C10H14N8. The van der Waals surface area contributed by atoms with Gasteiger partial charge in [-0.2, -0.15) is 5.21 Å². The lowest BCUT2D eigenvalue weighted by molar-refractivity contribution is 0.464. The van der Waals surface area contributed by atoms with Crippen molar-refractivity contribution < 1.29 is 0 Å². The van der Waals surface area contributed by atoms with Crippen LogP contribution in [0.2, 0.25) is 0 Å². The molecule has 0 saturated carbocycles. The van der Waals surface area contributed by atoms with Crippen molar-refractivity contribution in [3.63, 3.8) is 0 Å². The van der Waals surface area contributed by atoms with Gasteiger partial charge in [-0.25, -0.2) is 9.97 Å². The molecule has 18 heavy (non-hydrogen) atoms. The maximum absolute atomic E-state index is 4.30. The fourth-order valence-electron chi connectivity index (χ4n) is 2.18. The lowest BCUT2D eigenvalue weighted by Crippen LogP contribution is -2.52. The van der Waals surface area contributed by atoms with E-state index in [2.05, 4.69) is 40.8 Å². The van der Waals surface area contributed by atoms with Gasteiger partial charge in [0.05, 0.1) is 6.04 Å². The third-order valence-electron chi connectivity index (χ3n) is 3.02. The van der Waals surface area contributed by atoms with Crippen LogP contribution in [0.1, 0.15) is 5.82 Å². The van der Waals surface area contributed by atoms with Crippen LogP contribution in [0, 0.1) is 0 Å². The summed E-state index contributed by atoms with van der Waals surface area (Å²) in [4.78, 5) is 10.5. The Labute approximate surface area is 104 Å². The van der Waals surface area contributed by atoms with Crippen molar-refractivity contribution in [3.8, 4) is 0 Å². The smallest absolute Gasteiger partial charge is 0.176 e. The molecule has 2 aromatic rings. The third-order valence-corrected chi connectivity index (χ3v) is 3.02. The highest BCUT2D eigenvalue weighted by Gasteiger charge is 2.24. The van der Waals surface area contributed by atoms with Gasteiger partial charge in [0.15, 0.2) is 5.82 Å². The van der Waals surface area contributed by atoms with E-state index in [1.165, 1.54) is 0 Å². The van der Waals surface area contributed by atoms with Crippen molar-refractivity contribution >= 4 is 5.82 Å². The van der Waals surface area contributed by atoms with Crippen molar-refractivity contribution in [2.24, 2.45) is 0 Å². The lowest BCUT2D eigenvalue weighted by atomic mass is 10.1. The Morgan fingerprint density at radius 1 is 1.44 bits per heavy atom. The molecule has 0 aliphatic carbocycles. The molecule has 94 valence electrons. The second-order valence-electron chi connectivity index (χ2n) is 4.15. The number of nitrogens with zero attached hydrogens (tertiary/aromatic N) is 6. The highest BCUT2D eigenvalue weighted by atomic mass is 15.5. The fraction of sp³-hybridized carbons (Fsp3) is 0.500. The van der Waals surface area contributed by atoms with Gasteiger partial charge >= 0.3 is 0 Å². The quantitative estimate of drug-likeness (QED) is 0.718. The van der Waals surface area contributed by atoms with Gasteiger partial charge in [0.2, 0.25) is 0 Å². The first-order valence-corrected chi connectivity index (χ1v) is 5.89. The molecule has 1 atom stereocenters. The van der Waals surface area contributed by atoms with Gasteiger partial charge in [0.25, 0.3) is 0 Å². The maximum atomic E-state index is 4.30. The largest absolute Gasteiger partial charge is 0.351 e. The monoisotopic (exact) mass is 246 g/mol. The summed E-state index contributed by atoms with van der Waals surface area (Å²) in [5.74, 6) is 1.67. The van der Waals surface area contributed by atoms with E-state index in [4.69, 9.17) is 0 Å². The van der Waals surface area contributed by atoms with Crippen LogP contribution in [0.25, 0.3) is 0 Å². The average Bonchev–Trinajstić information content (AvgIpc) is 2.93. The molecule has 1 aliphatic heterocycles. The minimum atomic E-state index is 0.284. The summed E-state index contributed by atoms with van der Waals surface area (Å²) < 4.78 is 0. The molecular weight excluding hydrogens is 232 g/mol. The number of hydrogen-bond donors (Lipinski definition) is 2. The van der Waals surface area contributed by atoms with Crippen LogP contribution in [0.5, 0.6) is 0 Å². The number of hydrogen-bond acceptors (Lipinski definition) is 7. The molecule has 0 radical (unpaired) electrons. The highest BCUT2D eigenvalue weighted by Crippen LogP contribution is 2.16. The second-order valence-corrected chi connectivity index (χ2v) is 4.15. The second kappa shape index (κ2) is 5.05. The molecule has 1 unspecified atom stereocenters. The number of aromatic nitrogens is 6. The molecule has 0 spiro atoms. The zero-order valence-electron chi connectivity index (χ0n) is 9.82. The predicted molar refractivity (Wildman–Crippen MR) is 63.9 cm³/mol.